The minimum atomic E-state index is -0.962. The first-order valence-electron chi connectivity index (χ1n) is 4.86. The highest BCUT2D eigenvalue weighted by Gasteiger charge is 2.17. The summed E-state index contributed by atoms with van der Waals surface area (Å²) < 4.78 is 4.79. The molecule has 0 saturated heterocycles. The summed E-state index contributed by atoms with van der Waals surface area (Å²) in [5, 5.41) is 18.1. The summed E-state index contributed by atoms with van der Waals surface area (Å²) in [5.41, 5.74) is 1.47. The highest BCUT2D eigenvalue weighted by atomic mass is 16.6. The molecule has 0 aromatic heterocycles. The van der Waals surface area contributed by atoms with E-state index in [0.717, 1.165) is 12.0 Å². The van der Waals surface area contributed by atoms with Crippen LogP contribution in [0.15, 0.2) is 23.3 Å². The summed E-state index contributed by atoms with van der Waals surface area (Å²) in [5.74, 6) is -0.606. The van der Waals surface area contributed by atoms with Gasteiger partial charge in [-0.2, -0.15) is 0 Å². The van der Waals surface area contributed by atoms with Crippen molar-refractivity contribution in [2.24, 2.45) is 5.92 Å². The van der Waals surface area contributed by atoms with Crippen molar-refractivity contribution >= 4 is 5.97 Å². The first-order valence-corrected chi connectivity index (χ1v) is 4.86. The molecule has 0 aliphatic heterocycles. The van der Waals surface area contributed by atoms with Crippen LogP contribution in [0, 0.1) is 5.92 Å². The zero-order valence-corrected chi connectivity index (χ0v) is 8.93. The molecule has 0 bridgehead atoms. The van der Waals surface area contributed by atoms with E-state index in [1.165, 1.54) is 7.11 Å². The van der Waals surface area contributed by atoms with Gasteiger partial charge in [-0.15, -0.1) is 0 Å². The second kappa shape index (κ2) is 5.09. The van der Waals surface area contributed by atoms with Gasteiger partial charge in [0, 0.05) is 12.7 Å². The number of carboxylic acids is 1. The Morgan fingerprint density at radius 2 is 2.40 bits per heavy atom. The number of aliphatic hydroxyl groups is 1. The van der Waals surface area contributed by atoms with Crippen LogP contribution in [0.2, 0.25) is 0 Å². The molecule has 1 aliphatic rings. The number of carboxylic acid groups (broad SMARTS) is 1. The van der Waals surface area contributed by atoms with Crippen LogP contribution in [0.3, 0.4) is 0 Å². The maximum Gasteiger partial charge on any atom is 0.307 e. The van der Waals surface area contributed by atoms with E-state index in [-0.39, 0.29) is 12.3 Å². The smallest absolute Gasteiger partial charge is 0.307 e. The van der Waals surface area contributed by atoms with Gasteiger partial charge in [-0.05, 0) is 12.3 Å². The SMILES string of the molecule is COC(O)C1=CC(C)CC(CC(=O)O)=C1. The lowest BCUT2D eigenvalue weighted by atomic mass is 9.90. The van der Waals surface area contributed by atoms with Crippen LogP contribution in [0.4, 0.5) is 0 Å². The highest BCUT2D eigenvalue weighted by molar-refractivity contribution is 5.70. The lowest BCUT2D eigenvalue weighted by Gasteiger charge is -2.20. The third-order valence-electron chi connectivity index (χ3n) is 2.32. The molecular weight excluding hydrogens is 196 g/mol. The number of hydrogen-bond donors (Lipinski definition) is 2. The van der Waals surface area contributed by atoms with Crippen LogP contribution >= 0.6 is 0 Å². The Labute approximate surface area is 88.9 Å². The average molecular weight is 212 g/mol. The molecule has 0 saturated carbocycles. The summed E-state index contributed by atoms with van der Waals surface area (Å²) in [6.45, 7) is 1.98. The molecule has 84 valence electrons. The van der Waals surface area contributed by atoms with Crippen LogP contribution in [0.25, 0.3) is 0 Å². The van der Waals surface area contributed by atoms with Crippen molar-refractivity contribution in [3.05, 3.63) is 23.3 Å². The van der Waals surface area contributed by atoms with E-state index in [2.05, 4.69) is 0 Å². The number of aliphatic hydroxyl groups excluding tert-OH is 1. The molecule has 0 spiro atoms. The molecule has 0 aromatic carbocycles. The highest BCUT2D eigenvalue weighted by Crippen LogP contribution is 2.26. The molecule has 4 heteroatoms. The first kappa shape index (κ1) is 11.9. The fraction of sp³-hybridized carbons (Fsp3) is 0.545. The molecular formula is C11H16O4. The minimum absolute atomic E-state index is 0.0259. The Balaban J connectivity index is 2.79. The average Bonchev–Trinajstić information content (AvgIpc) is 2.14. The van der Waals surface area contributed by atoms with Gasteiger partial charge in [0.15, 0.2) is 6.29 Å². The van der Waals surface area contributed by atoms with Crippen LogP contribution in [-0.2, 0) is 9.53 Å². The molecule has 0 fully saturated rings. The van der Waals surface area contributed by atoms with Gasteiger partial charge in [0.25, 0.3) is 0 Å². The Morgan fingerprint density at radius 3 is 2.93 bits per heavy atom. The van der Waals surface area contributed by atoms with Gasteiger partial charge in [0.05, 0.1) is 6.42 Å². The Morgan fingerprint density at radius 1 is 1.73 bits per heavy atom. The number of ether oxygens (including phenoxy) is 1. The molecule has 0 heterocycles. The van der Waals surface area contributed by atoms with Gasteiger partial charge in [0.1, 0.15) is 0 Å². The van der Waals surface area contributed by atoms with Crippen molar-refractivity contribution < 1.29 is 19.7 Å². The molecule has 1 rings (SSSR count). The Kier molecular flexibility index (Phi) is 4.05. The van der Waals surface area contributed by atoms with E-state index in [1.807, 2.05) is 13.0 Å². The van der Waals surface area contributed by atoms with E-state index in [9.17, 15) is 9.90 Å². The van der Waals surface area contributed by atoms with Gasteiger partial charge in [0.2, 0.25) is 0 Å². The van der Waals surface area contributed by atoms with E-state index in [0.29, 0.717) is 5.57 Å². The molecule has 1 aliphatic carbocycles. The summed E-state index contributed by atoms with van der Waals surface area (Å²) in [6, 6.07) is 0. The fourth-order valence-corrected chi connectivity index (χ4v) is 1.75. The maximum atomic E-state index is 10.6. The van der Waals surface area contributed by atoms with Gasteiger partial charge < -0.3 is 14.9 Å². The monoisotopic (exact) mass is 212 g/mol. The number of hydrogen-bond acceptors (Lipinski definition) is 3. The number of rotatable bonds is 4. The quantitative estimate of drug-likeness (QED) is 0.690. The van der Waals surface area contributed by atoms with Crippen molar-refractivity contribution in [1.29, 1.82) is 0 Å². The maximum absolute atomic E-state index is 10.6. The standard InChI is InChI=1S/C11H16O4/c1-7-3-8(6-10(12)13)5-9(4-7)11(14)15-2/h4-5,7,11,14H,3,6H2,1-2H3,(H,12,13). The number of carbonyl (C=O) groups is 1. The zero-order chi connectivity index (χ0) is 11.4. The third kappa shape index (κ3) is 3.49. The van der Waals surface area contributed by atoms with E-state index in [4.69, 9.17) is 9.84 Å². The van der Waals surface area contributed by atoms with E-state index < -0.39 is 12.3 Å². The van der Waals surface area contributed by atoms with Gasteiger partial charge in [-0.25, -0.2) is 0 Å². The number of methoxy groups -OCH3 is 1. The largest absolute Gasteiger partial charge is 0.481 e. The predicted octanol–water partition coefficient (Wildman–Crippen LogP) is 1.32. The molecule has 15 heavy (non-hydrogen) atoms. The third-order valence-corrected chi connectivity index (χ3v) is 2.32. The molecule has 0 radical (unpaired) electrons. The second-order valence-electron chi connectivity index (χ2n) is 3.81. The minimum Gasteiger partial charge on any atom is -0.481 e. The van der Waals surface area contributed by atoms with Crippen LogP contribution in [0.1, 0.15) is 19.8 Å². The van der Waals surface area contributed by atoms with Gasteiger partial charge >= 0.3 is 5.97 Å². The summed E-state index contributed by atoms with van der Waals surface area (Å²) in [6.07, 6.45) is 3.41. The molecule has 0 amide bonds. The zero-order valence-electron chi connectivity index (χ0n) is 8.93. The van der Waals surface area contributed by atoms with Gasteiger partial charge in [-0.3, -0.25) is 4.79 Å². The van der Waals surface area contributed by atoms with Crippen LogP contribution in [0.5, 0.6) is 0 Å². The Hall–Kier alpha value is -1.13. The summed E-state index contributed by atoms with van der Waals surface area (Å²) >= 11 is 0. The number of aliphatic carboxylic acids is 1. The molecule has 2 unspecified atom stereocenters. The molecule has 2 atom stereocenters. The lowest BCUT2D eigenvalue weighted by molar-refractivity contribution is -0.136. The predicted molar refractivity (Wildman–Crippen MR) is 55.2 cm³/mol. The van der Waals surface area contributed by atoms with Crippen LogP contribution < -0.4 is 0 Å². The molecule has 0 aromatic rings. The fourth-order valence-electron chi connectivity index (χ4n) is 1.75. The van der Waals surface area contributed by atoms with E-state index >= 15 is 0 Å². The summed E-state index contributed by atoms with van der Waals surface area (Å²) in [4.78, 5) is 10.6. The number of allylic oxidation sites excluding steroid dienone is 1. The molecule has 4 nitrogen and oxygen atoms in total. The van der Waals surface area contributed by atoms with Gasteiger partial charge in [-0.1, -0.05) is 24.6 Å². The van der Waals surface area contributed by atoms with Crippen molar-refractivity contribution in [1.82, 2.24) is 0 Å². The Bertz CT molecular complexity index is 304. The molecule has 2 N–H and O–H groups in total. The van der Waals surface area contributed by atoms with Crippen molar-refractivity contribution in [2.75, 3.05) is 7.11 Å². The van der Waals surface area contributed by atoms with Crippen molar-refractivity contribution in [2.45, 2.75) is 26.1 Å². The lowest BCUT2D eigenvalue weighted by Crippen LogP contribution is -2.16. The normalized spacial score (nSPS) is 23.0. The summed E-state index contributed by atoms with van der Waals surface area (Å²) in [7, 11) is 1.41. The second-order valence-corrected chi connectivity index (χ2v) is 3.81. The van der Waals surface area contributed by atoms with Crippen molar-refractivity contribution in [3.8, 4) is 0 Å². The van der Waals surface area contributed by atoms with Crippen molar-refractivity contribution in [3.63, 3.8) is 0 Å². The van der Waals surface area contributed by atoms with E-state index in [1.54, 1.807) is 6.08 Å². The van der Waals surface area contributed by atoms with Crippen LogP contribution in [-0.4, -0.2) is 29.6 Å². The first-order chi connectivity index (χ1) is 7.02. The topological polar surface area (TPSA) is 66.8 Å².